The molecule has 0 spiro atoms. The lowest BCUT2D eigenvalue weighted by Gasteiger charge is -2.26. The van der Waals surface area contributed by atoms with Gasteiger partial charge in [-0.1, -0.05) is 67.1 Å². The number of aromatic nitrogens is 4. The number of hydrogen-bond acceptors (Lipinski definition) is 11. The van der Waals surface area contributed by atoms with Crippen LogP contribution in [-0.4, -0.2) is 123 Å². The van der Waals surface area contributed by atoms with Gasteiger partial charge in [0, 0.05) is 45.2 Å². The first-order chi connectivity index (χ1) is 25.8. The maximum Gasteiger partial charge on any atom is 0.314 e. The number of amides is 4. The SMILES string of the molecule is CCNC(=O)C1OC(n2cnc3c(NCC(c4ccccc4)c4ccccc4)nc(C(=O)NCCNC(=O)NCCN4CCCCC4)nc32)[C@H](O)[C@@H]1O. The van der Waals surface area contributed by atoms with E-state index < -0.39 is 36.4 Å². The highest BCUT2D eigenvalue weighted by Gasteiger charge is 2.47. The fourth-order valence-corrected chi connectivity index (χ4v) is 6.71. The van der Waals surface area contributed by atoms with Gasteiger partial charge < -0.3 is 46.4 Å². The van der Waals surface area contributed by atoms with Crippen LogP contribution < -0.4 is 26.6 Å². The number of aliphatic hydroxyl groups excluding tert-OH is 2. The molecule has 2 aliphatic heterocycles. The van der Waals surface area contributed by atoms with Crippen LogP contribution in [-0.2, 0) is 9.53 Å². The second kappa shape index (κ2) is 18.1. The van der Waals surface area contributed by atoms with Gasteiger partial charge in [0.25, 0.3) is 11.8 Å². The molecule has 16 nitrogen and oxygen atoms in total. The third-order valence-electron chi connectivity index (χ3n) is 9.48. The Bertz CT molecular complexity index is 1780. The second-order valence-electron chi connectivity index (χ2n) is 13.1. The zero-order chi connectivity index (χ0) is 37.2. The Hall–Kier alpha value is -5.16. The molecule has 4 amide bonds. The molecule has 16 heteroatoms. The highest BCUT2D eigenvalue weighted by molar-refractivity contribution is 5.94. The number of fused-ring (bicyclic) bond motifs is 1. The van der Waals surface area contributed by atoms with Crippen molar-refractivity contribution in [1.29, 1.82) is 0 Å². The van der Waals surface area contributed by atoms with Gasteiger partial charge in [-0.15, -0.1) is 0 Å². The van der Waals surface area contributed by atoms with Gasteiger partial charge in [0.1, 0.15) is 12.2 Å². The highest BCUT2D eigenvalue weighted by atomic mass is 16.6. The number of urea groups is 1. The molecule has 6 rings (SSSR count). The summed E-state index contributed by atoms with van der Waals surface area (Å²) in [5.74, 6) is -1.20. The molecule has 7 N–H and O–H groups in total. The van der Waals surface area contributed by atoms with E-state index in [0.717, 1.165) is 30.8 Å². The molecule has 2 fully saturated rings. The van der Waals surface area contributed by atoms with Crippen LogP contribution in [0.4, 0.5) is 10.6 Å². The van der Waals surface area contributed by atoms with Crippen molar-refractivity contribution in [3.05, 3.63) is 83.9 Å². The number of anilines is 1. The van der Waals surface area contributed by atoms with E-state index in [0.29, 0.717) is 19.6 Å². The van der Waals surface area contributed by atoms with Crippen molar-refractivity contribution in [1.82, 2.24) is 45.7 Å². The second-order valence-corrected chi connectivity index (χ2v) is 13.1. The van der Waals surface area contributed by atoms with Crippen LogP contribution in [0.1, 0.15) is 60.1 Å². The lowest BCUT2D eigenvalue weighted by atomic mass is 9.91. The predicted molar refractivity (Wildman–Crippen MR) is 197 cm³/mol. The minimum Gasteiger partial charge on any atom is -0.387 e. The Morgan fingerprint density at radius 3 is 2.19 bits per heavy atom. The van der Waals surface area contributed by atoms with E-state index in [4.69, 9.17) is 4.74 Å². The third-order valence-corrected chi connectivity index (χ3v) is 9.48. The Kier molecular flexibility index (Phi) is 12.8. The molecule has 0 aliphatic carbocycles. The highest BCUT2D eigenvalue weighted by Crippen LogP contribution is 2.33. The molecular formula is C37H48N10O6. The average Bonchev–Trinajstić information content (AvgIpc) is 3.74. The number of carbonyl (C=O) groups excluding carboxylic acids is 3. The Balaban J connectivity index is 1.20. The summed E-state index contributed by atoms with van der Waals surface area (Å²) in [5, 5.41) is 36.0. The minimum atomic E-state index is -1.52. The van der Waals surface area contributed by atoms with Crippen LogP contribution in [0.25, 0.3) is 11.2 Å². The lowest BCUT2D eigenvalue weighted by Crippen LogP contribution is -2.43. The van der Waals surface area contributed by atoms with Crippen LogP contribution in [0.2, 0.25) is 0 Å². The number of hydrogen-bond donors (Lipinski definition) is 7. The first-order valence-corrected chi connectivity index (χ1v) is 18.2. The molecule has 4 aromatic rings. The molecule has 2 aromatic heterocycles. The van der Waals surface area contributed by atoms with Gasteiger partial charge in [-0.25, -0.2) is 19.7 Å². The molecule has 2 aromatic carbocycles. The maximum absolute atomic E-state index is 13.5. The Morgan fingerprint density at radius 1 is 0.849 bits per heavy atom. The zero-order valence-corrected chi connectivity index (χ0v) is 29.8. The number of imidazole rings is 1. The average molecular weight is 729 g/mol. The predicted octanol–water partition coefficient (Wildman–Crippen LogP) is 1.34. The summed E-state index contributed by atoms with van der Waals surface area (Å²) in [6, 6.07) is 19.7. The van der Waals surface area contributed by atoms with Gasteiger partial charge in [0.15, 0.2) is 29.3 Å². The molecule has 0 radical (unpaired) electrons. The van der Waals surface area contributed by atoms with Gasteiger partial charge in [0.2, 0.25) is 5.82 Å². The van der Waals surface area contributed by atoms with Gasteiger partial charge in [-0.05, 0) is 44.0 Å². The summed E-state index contributed by atoms with van der Waals surface area (Å²) in [7, 11) is 0. The van der Waals surface area contributed by atoms with E-state index in [1.54, 1.807) is 6.92 Å². The number of likely N-dealkylation sites (N-methyl/N-ethyl adjacent to an activating group) is 1. The number of benzene rings is 2. The fraction of sp³-hybridized carbons (Fsp3) is 0.459. The Labute approximate surface area is 307 Å². The summed E-state index contributed by atoms with van der Waals surface area (Å²) < 4.78 is 7.23. The van der Waals surface area contributed by atoms with Crippen molar-refractivity contribution < 1.29 is 29.3 Å². The van der Waals surface area contributed by atoms with Crippen molar-refractivity contribution in [3.63, 3.8) is 0 Å². The van der Waals surface area contributed by atoms with E-state index in [1.165, 1.54) is 30.2 Å². The quantitative estimate of drug-likeness (QED) is 0.0870. The largest absolute Gasteiger partial charge is 0.387 e. The van der Waals surface area contributed by atoms with Crippen molar-refractivity contribution in [2.75, 3.05) is 57.7 Å². The van der Waals surface area contributed by atoms with Crippen LogP contribution in [0.15, 0.2) is 67.0 Å². The van der Waals surface area contributed by atoms with Gasteiger partial charge in [-0.2, -0.15) is 0 Å². The molecule has 4 atom stereocenters. The molecule has 0 bridgehead atoms. The van der Waals surface area contributed by atoms with Crippen molar-refractivity contribution in [2.45, 2.75) is 56.6 Å². The van der Waals surface area contributed by atoms with Crippen molar-refractivity contribution in [3.8, 4) is 0 Å². The van der Waals surface area contributed by atoms with Crippen LogP contribution in [0.3, 0.4) is 0 Å². The monoisotopic (exact) mass is 728 g/mol. The van der Waals surface area contributed by atoms with Crippen LogP contribution >= 0.6 is 0 Å². The molecule has 53 heavy (non-hydrogen) atoms. The van der Waals surface area contributed by atoms with E-state index in [1.807, 2.05) is 60.7 Å². The van der Waals surface area contributed by atoms with E-state index in [9.17, 15) is 24.6 Å². The van der Waals surface area contributed by atoms with Crippen molar-refractivity contribution >= 4 is 34.8 Å². The third kappa shape index (κ3) is 9.26. The lowest BCUT2D eigenvalue weighted by molar-refractivity contribution is -0.137. The van der Waals surface area contributed by atoms with E-state index in [-0.39, 0.29) is 47.8 Å². The van der Waals surface area contributed by atoms with Crippen LogP contribution in [0.5, 0.6) is 0 Å². The molecule has 4 heterocycles. The normalized spacial score (nSPS) is 20.3. The Morgan fingerprint density at radius 2 is 1.51 bits per heavy atom. The molecule has 2 unspecified atom stereocenters. The number of piperidine rings is 1. The maximum atomic E-state index is 13.5. The number of nitrogens with one attached hydrogen (secondary N) is 5. The number of likely N-dealkylation sites (tertiary alicyclic amines) is 1. The topological polar surface area (TPSA) is 208 Å². The fourth-order valence-electron chi connectivity index (χ4n) is 6.71. The smallest absolute Gasteiger partial charge is 0.314 e. The van der Waals surface area contributed by atoms with Gasteiger partial charge >= 0.3 is 6.03 Å². The summed E-state index contributed by atoms with van der Waals surface area (Å²) in [5.41, 5.74) is 2.56. The first kappa shape index (κ1) is 37.6. The van der Waals surface area contributed by atoms with Crippen LogP contribution in [0, 0.1) is 0 Å². The standard InChI is InChI=1S/C37H48N10O6/c1-2-38-34(50)30-28(48)29(49)36(53-30)47-23-43-27-31(42-22-26(24-12-6-3-7-13-24)25-14-8-4-9-15-25)44-32(45-33(27)47)35(51)39-16-17-40-37(52)41-18-21-46-19-10-5-11-20-46/h3-4,6-9,12-15,23,26,28-30,36,48-49H,2,5,10-11,16-22H2,1H3,(H,38,50)(H,39,51)(H2,40,41,52)(H,42,44,45)/t28-,29+,30?,36?/m0/s1. The van der Waals surface area contributed by atoms with Gasteiger partial charge in [0.05, 0.1) is 6.33 Å². The number of ether oxygens (including phenoxy) is 1. The van der Waals surface area contributed by atoms with E-state index in [2.05, 4.69) is 46.4 Å². The molecule has 2 aliphatic rings. The molecule has 0 saturated carbocycles. The molecular weight excluding hydrogens is 680 g/mol. The number of aliphatic hydroxyl groups is 2. The van der Waals surface area contributed by atoms with Crippen molar-refractivity contribution in [2.24, 2.45) is 0 Å². The summed E-state index contributed by atoms with van der Waals surface area (Å²) >= 11 is 0. The minimum absolute atomic E-state index is 0.0909. The summed E-state index contributed by atoms with van der Waals surface area (Å²) in [6.45, 7) is 6.13. The summed E-state index contributed by atoms with van der Waals surface area (Å²) in [6.07, 6.45) is -0.598. The molecule has 282 valence electrons. The summed E-state index contributed by atoms with van der Waals surface area (Å²) in [4.78, 5) is 54.4. The molecule has 2 saturated heterocycles. The van der Waals surface area contributed by atoms with Gasteiger partial charge in [-0.3, -0.25) is 14.2 Å². The first-order valence-electron chi connectivity index (χ1n) is 18.2. The number of nitrogens with zero attached hydrogens (tertiary/aromatic N) is 5. The number of rotatable bonds is 15. The zero-order valence-electron chi connectivity index (χ0n) is 29.8. The van der Waals surface area contributed by atoms with E-state index >= 15 is 0 Å². The number of carbonyl (C=O) groups is 3.